The van der Waals surface area contributed by atoms with Gasteiger partial charge in [-0.05, 0) is 37.3 Å². The van der Waals surface area contributed by atoms with E-state index < -0.39 is 28.0 Å². The van der Waals surface area contributed by atoms with Crippen molar-refractivity contribution in [2.24, 2.45) is 0 Å². The van der Waals surface area contributed by atoms with Gasteiger partial charge in [0.1, 0.15) is 5.75 Å². The minimum Gasteiger partial charge on any atom is -0.496 e. The van der Waals surface area contributed by atoms with E-state index in [1.165, 1.54) is 31.2 Å². The number of benzene rings is 2. The number of carbonyl (C=O) groups is 2. The van der Waals surface area contributed by atoms with Gasteiger partial charge in [-0.15, -0.1) is 0 Å². The Morgan fingerprint density at radius 2 is 1.72 bits per heavy atom. The minimum absolute atomic E-state index is 0.0403. The number of ether oxygens (including phenoxy) is 2. The highest BCUT2D eigenvalue weighted by atomic mass is 32.2. The third-order valence-electron chi connectivity index (χ3n) is 4.03. The Labute approximate surface area is 170 Å². The monoisotopic (exact) mass is 420 g/mol. The lowest BCUT2D eigenvalue weighted by Crippen LogP contribution is -2.35. The zero-order chi connectivity index (χ0) is 21.4. The first kappa shape index (κ1) is 22.4. The highest BCUT2D eigenvalue weighted by molar-refractivity contribution is 7.89. The molecule has 2 aromatic carbocycles. The smallest absolute Gasteiger partial charge is 0.338 e. The van der Waals surface area contributed by atoms with Crippen LogP contribution in [-0.4, -0.2) is 40.1 Å². The van der Waals surface area contributed by atoms with Crippen molar-refractivity contribution in [3.63, 3.8) is 0 Å². The molecule has 1 atom stereocenters. The van der Waals surface area contributed by atoms with E-state index in [2.05, 4.69) is 10.0 Å². The molecular formula is C20H24N2O6S. The van der Waals surface area contributed by atoms with Crippen LogP contribution in [0.4, 0.5) is 0 Å². The Bertz CT molecular complexity index is 957. The summed E-state index contributed by atoms with van der Waals surface area (Å²) in [6, 6.07) is 12.5. The van der Waals surface area contributed by atoms with Gasteiger partial charge in [0.05, 0.1) is 17.6 Å². The molecule has 0 aliphatic rings. The molecule has 0 radical (unpaired) electrons. The summed E-state index contributed by atoms with van der Waals surface area (Å²) in [6.07, 6.45) is -1.03. The molecule has 0 fully saturated rings. The van der Waals surface area contributed by atoms with Crippen LogP contribution in [0, 0.1) is 0 Å². The Hall–Kier alpha value is -2.91. The predicted molar refractivity (Wildman–Crippen MR) is 107 cm³/mol. The Balaban J connectivity index is 1.95. The van der Waals surface area contributed by atoms with Gasteiger partial charge in [-0.3, -0.25) is 4.79 Å². The molecule has 2 N–H and O–H groups in total. The lowest BCUT2D eigenvalue weighted by atomic mass is 10.2. The number of carbonyl (C=O) groups excluding carboxylic acids is 2. The van der Waals surface area contributed by atoms with Crippen molar-refractivity contribution in [3.8, 4) is 5.75 Å². The van der Waals surface area contributed by atoms with Crippen LogP contribution in [0.2, 0.25) is 0 Å². The first-order valence-corrected chi connectivity index (χ1v) is 10.5. The molecule has 0 spiro atoms. The molecule has 156 valence electrons. The molecule has 29 heavy (non-hydrogen) atoms. The molecule has 0 saturated heterocycles. The van der Waals surface area contributed by atoms with Gasteiger partial charge in [0.2, 0.25) is 10.0 Å². The molecule has 0 aliphatic heterocycles. The van der Waals surface area contributed by atoms with E-state index in [1.807, 2.05) is 18.2 Å². The van der Waals surface area contributed by atoms with Gasteiger partial charge in [-0.1, -0.05) is 25.1 Å². The van der Waals surface area contributed by atoms with Crippen LogP contribution in [0.25, 0.3) is 0 Å². The Morgan fingerprint density at radius 3 is 2.34 bits per heavy atom. The fraction of sp³-hybridized carbons (Fsp3) is 0.300. The van der Waals surface area contributed by atoms with E-state index >= 15 is 0 Å². The summed E-state index contributed by atoms with van der Waals surface area (Å²) in [5.74, 6) is -0.544. The molecule has 2 rings (SSSR count). The molecular weight excluding hydrogens is 396 g/mol. The standard InChI is InChI=1S/C20H24N2O6S/c1-4-22-29(25,26)17-11-9-15(10-12-17)20(24)28-14(2)19(23)21-13-16-7-5-6-8-18(16)27-3/h5-12,14,22H,4,13H2,1-3H3,(H,21,23)/t14-/m1/s1. The van der Waals surface area contributed by atoms with Crippen molar-refractivity contribution < 1.29 is 27.5 Å². The van der Waals surface area contributed by atoms with E-state index in [-0.39, 0.29) is 23.5 Å². The summed E-state index contributed by atoms with van der Waals surface area (Å²) in [5.41, 5.74) is 0.934. The van der Waals surface area contributed by atoms with Crippen molar-refractivity contribution in [1.29, 1.82) is 0 Å². The molecule has 8 nitrogen and oxygen atoms in total. The van der Waals surface area contributed by atoms with Gasteiger partial charge in [-0.25, -0.2) is 17.9 Å². The number of rotatable bonds is 9. The van der Waals surface area contributed by atoms with E-state index in [9.17, 15) is 18.0 Å². The second-order valence-corrected chi connectivity index (χ2v) is 7.87. The van der Waals surface area contributed by atoms with E-state index in [1.54, 1.807) is 20.1 Å². The number of nitrogens with one attached hydrogen (secondary N) is 2. The van der Waals surface area contributed by atoms with Crippen LogP contribution in [0.15, 0.2) is 53.4 Å². The predicted octanol–water partition coefficient (Wildman–Crippen LogP) is 1.86. The summed E-state index contributed by atoms with van der Waals surface area (Å²) < 4.78 is 36.6. The van der Waals surface area contributed by atoms with Gasteiger partial charge in [0, 0.05) is 18.7 Å². The maximum absolute atomic E-state index is 12.2. The van der Waals surface area contributed by atoms with Crippen LogP contribution in [0.1, 0.15) is 29.8 Å². The van der Waals surface area contributed by atoms with Crippen molar-refractivity contribution in [2.45, 2.75) is 31.4 Å². The minimum atomic E-state index is -3.61. The zero-order valence-corrected chi connectivity index (χ0v) is 17.3. The topological polar surface area (TPSA) is 111 Å². The number of para-hydroxylation sites is 1. The fourth-order valence-electron chi connectivity index (χ4n) is 2.50. The molecule has 0 unspecified atom stereocenters. The third kappa shape index (κ3) is 6.03. The second kappa shape index (κ2) is 10.0. The fourth-order valence-corrected chi connectivity index (χ4v) is 3.54. The first-order valence-electron chi connectivity index (χ1n) is 8.98. The van der Waals surface area contributed by atoms with Crippen molar-refractivity contribution >= 4 is 21.9 Å². The largest absolute Gasteiger partial charge is 0.496 e. The molecule has 0 aliphatic carbocycles. The molecule has 2 aromatic rings. The SMILES string of the molecule is CCNS(=O)(=O)c1ccc(C(=O)O[C@H](C)C(=O)NCc2ccccc2OC)cc1. The maximum Gasteiger partial charge on any atom is 0.338 e. The van der Waals surface area contributed by atoms with Crippen molar-refractivity contribution in [3.05, 3.63) is 59.7 Å². The molecule has 0 heterocycles. The maximum atomic E-state index is 12.2. The highest BCUT2D eigenvalue weighted by Gasteiger charge is 2.20. The molecule has 0 aromatic heterocycles. The highest BCUT2D eigenvalue weighted by Crippen LogP contribution is 2.17. The van der Waals surface area contributed by atoms with Crippen LogP contribution < -0.4 is 14.8 Å². The number of hydrogen-bond acceptors (Lipinski definition) is 6. The lowest BCUT2D eigenvalue weighted by Gasteiger charge is -2.15. The Kier molecular flexibility index (Phi) is 7.74. The molecule has 9 heteroatoms. The summed E-state index contributed by atoms with van der Waals surface area (Å²) in [7, 11) is -2.06. The average molecular weight is 420 g/mol. The first-order chi connectivity index (χ1) is 13.8. The summed E-state index contributed by atoms with van der Waals surface area (Å²) in [4.78, 5) is 24.5. The number of esters is 1. The van der Waals surface area contributed by atoms with E-state index in [0.29, 0.717) is 5.75 Å². The van der Waals surface area contributed by atoms with E-state index in [4.69, 9.17) is 9.47 Å². The van der Waals surface area contributed by atoms with Crippen LogP contribution in [-0.2, 0) is 26.1 Å². The van der Waals surface area contributed by atoms with Gasteiger partial charge in [-0.2, -0.15) is 0 Å². The average Bonchev–Trinajstić information content (AvgIpc) is 2.72. The summed E-state index contributed by atoms with van der Waals surface area (Å²) >= 11 is 0. The van der Waals surface area contributed by atoms with Crippen LogP contribution in [0.3, 0.4) is 0 Å². The quantitative estimate of drug-likeness (QED) is 0.599. The van der Waals surface area contributed by atoms with E-state index in [0.717, 1.165) is 5.56 Å². The molecule has 1 amide bonds. The number of hydrogen-bond donors (Lipinski definition) is 2. The Morgan fingerprint density at radius 1 is 1.07 bits per heavy atom. The number of methoxy groups -OCH3 is 1. The van der Waals surface area contributed by atoms with Crippen molar-refractivity contribution in [1.82, 2.24) is 10.0 Å². The normalized spacial score (nSPS) is 12.1. The zero-order valence-electron chi connectivity index (χ0n) is 16.5. The van der Waals surface area contributed by atoms with Gasteiger partial charge >= 0.3 is 5.97 Å². The third-order valence-corrected chi connectivity index (χ3v) is 5.59. The second-order valence-electron chi connectivity index (χ2n) is 6.10. The van der Waals surface area contributed by atoms with Gasteiger partial charge in [0.25, 0.3) is 5.91 Å². The van der Waals surface area contributed by atoms with Gasteiger partial charge in [0.15, 0.2) is 6.10 Å². The lowest BCUT2D eigenvalue weighted by molar-refractivity contribution is -0.129. The number of amides is 1. The van der Waals surface area contributed by atoms with Crippen molar-refractivity contribution in [2.75, 3.05) is 13.7 Å². The molecule has 0 saturated carbocycles. The molecule has 0 bridgehead atoms. The number of sulfonamides is 1. The summed E-state index contributed by atoms with van der Waals surface area (Å²) in [6.45, 7) is 3.61. The summed E-state index contributed by atoms with van der Waals surface area (Å²) in [5, 5.41) is 2.69. The van der Waals surface area contributed by atoms with Crippen LogP contribution in [0.5, 0.6) is 5.75 Å². The van der Waals surface area contributed by atoms with Crippen LogP contribution >= 0.6 is 0 Å². The van der Waals surface area contributed by atoms with Gasteiger partial charge < -0.3 is 14.8 Å².